The molecular weight excluding hydrogens is 518 g/mol. The molecule has 0 unspecified atom stereocenters. The second-order valence-corrected chi connectivity index (χ2v) is 8.84. The lowest BCUT2D eigenvalue weighted by Crippen LogP contribution is -2.46. The number of hydrogen-bond donors (Lipinski definition) is 0. The molecular formula is C19H16ClF8N5O2. The molecule has 0 N–H and O–H groups in total. The molecule has 0 saturated carbocycles. The molecule has 4 heterocycles. The molecule has 0 aromatic carbocycles. The molecule has 2 aromatic heterocycles. The van der Waals surface area contributed by atoms with E-state index in [4.69, 9.17) is 11.6 Å². The van der Waals surface area contributed by atoms with Crippen molar-refractivity contribution in [2.24, 2.45) is 5.92 Å². The van der Waals surface area contributed by atoms with Crippen LogP contribution in [-0.2, 0) is 23.9 Å². The Hall–Kier alpha value is -2.71. The minimum Gasteiger partial charge on any atom is -0.335 e. The normalized spacial score (nSPS) is 22.4. The molecule has 35 heavy (non-hydrogen) atoms. The lowest BCUT2D eigenvalue weighted by molar-refractivity contribution is -0.183. The van der Waals surface area contributed by atoms with Gasteiger partial charge in [0.1, 0.15) is 11.9 Å². The maximum absolute atomic E-state index is 13.6. The molecule has 2 aromatic rings. The van der Waals surface area contributed by atoms with E-state index in [9.17, 15) is 44.7 Å². The predicted octanol–water partition coefficient (Wildman–Crippen LogP) is 3.69. The summed E-state index contributed by atoms with van der Waals surface area (Å²) in [6.07, 6.45) is -11.3. The van der Waals surface area contributed by atoms with Crippen molar-refractivity contribution in [3.05, 3.63) is 44.9 Å². The number of nitrogens with zero attached hydrogens (tertiary/aromatic N) is 5. The third-order valence-corrected chi connectivity index (χ3v) is 6.29. The van der Waals surface area contributed by atoms with E-state index in [0.29, 0.717) is 21.8 Å². The van der Waals surface area contributed by atoms with Crippen LogP contribution in [0.2, 0.25) is 5.02 Å². The lowest BCUT2D eigenvalue weighted by Gasteiger charge is -2.32. The number of rotatable bonds is 3. The van der Waals surface area contributed by atoms with Gasteiger partial charge in [0.15, 0.2) is 0 Å². The van der Waals surface area contributed by atoms with E-state index in [0.717, 1.165) is 4.57 Å². The molecule has 192 valence electrons. The summed E-state index contributed by atoms with van der Waals surface area (Å²) in [5, 5.41) is 3.38. The first-order valence-electron chi connectivity index (χ1n) is 10.2. The number of amides is 1. The summed E-state index contributed by atoms with van der Waals surface area (Å²) in [5.41, 5.74) is -2.40. The minimum atomic E-state index is -4.75. The van der Waals surface area contributed by atoms with E-state index in [1.165, 1.54) is 0 Å². The van der Waals surface area contributed by atoms with Gasteiger partial charge in [-0.15, -0.1) is 0 Å². The molecule has 0 radical (unpaired) electrons. The predicted molar refractivity (Wildman–Crippen MR) is 103 cm³/mol. The van der Waals surface area contributed by atoms with E-state index >= 15 is 0 Å². The Bertz CT molecular complexity index is 1210. The summed E-state index contributed by atoms with van der Waals surface area (Å²) < 4.78 is 108. The van der Waals surface area contributed by atoms with Crippen LogP contribution in [0.25, 0.3) is 0 Å². The zero-order valence-electron chi connectivity index (χ0n) is 17.5. The maximum atomic E-state index is 13.6. The van der Waals surface area contributed by atoms with Crippen molar-refractivity contribution < 1.29 is 39.9 Å². The van der Waals surface area contributed by atoms with E-state index < -0.39 is 90.6 Å². The number of halogens is 9. The summed E-state index contributed by atoms with van der Waals surface area (Å²) in [4.78, 5) is 30.2. The average Bonchev–Trinajstić information content (AvgIpc) is 3.26. The van der Waals surface area contributed by atoms with Crippen LogP contribution in [0.3, 0.4) is 0 Å². The van der Waals surface area contributed by atoms with E-state index in [1.54, 1.807) is 0 Å². The summed E-state index contributed by atoms with van der Waals surface area (Å²) in [5.74, 6) is -6.73. The highest BCUT2D eigenvalue weighted by Gasteiger charge is 2.50. The number of aromatic nitrogens is 4. The molecule has 4 rings (SSSR count). The Morgan fingerprint density at radius 3 is 2.43 bits per heavy atom. The van der Waals surface area contributed by atoms with Crippen LogP contribution in [0.1, 0.15) is 36.0 Å². The van der Waals surface area contributed by atoms with Gasteiger partial charge in [0.2, 0.25) is 5.91 Å². The van der Waals surface area contributed by atoms with Crippen LogP contribution in [0.5, 0.6) is 0 Å². The van der Waals surface area contributed by atoms with Gasteiger partial charge < -0.3 is 4.90 Å². The highest BCUT2D eigenvalue weighted by atomic mass is 35.5. The summed E-state index contributed by atoms with van der Waals surface area (Å²) >= 11 is 5.85. The van der Waals surface area contributed by atoms with Crippen LogP contribution in [0.15, 0.2) is 17.1 Å². The molecule has 1 fully saturated rings. The first-order valence-corrected chi connectivity index (χ1v) is 10.6. The van der Waals surface area contributed by atoms with Crippen molar-refractivity contribution >= 4 is 17.5 Å². The SMILES string of the molecule is O=C([C@H]1C[C@@H](C(F)(F)F)Cc2nn(Cc3ncc(C(F)(F)F)cc3Cl)c(=O)n21)N1CCC(F)(F)C1. The van der Waals surface area contributed by atoms with Gasteiger partial charge in [0, 0.05) is 25.6 Å². The Morgan fingerprint density at radius 2 is 1.89 bits per heavy atom. The van der Waals surface area contributed by atoms with Crippen molar-refractivity contribution in [1.82, 2.24) is 24.2 Å². The molecule has 16 heteroatoms. The first kappa shape index (κ1) is 25.4. The Balaban J connectivity index is 1.69. The zero-order valence-corrected chi connectivity index (χ0v) is 18.3. The van der Waals surface area contributed by atoms with E-state index in [2.05, 4.69) is 10.1 Å². The monoisotopic (exact) mass is 533 g/mol. The van der Waals surface area contributed by atoms with Gasteiger partial charge in [-0.25, -0.2) is 18.3 Å². The number of hydrogen-bond acceptors (Lipinski definition) is 4. The Labute approximate surface area is 196 Å². The van der Waals surface area contributed by atoms with Gasteiger partial charge in [-0.1, -0.05) is 11.6 Å². The molecule has 2 aliphatic heterocycles. The van der Waals surface area contributed by atoms with Gasteiger partial charge >= 0.3 is 18.0 Å². The van der Waals surface area contributed by atoms with Crippen molar-refractivity contribution in [2.45, 2.75) is 50.1 Å². The van der Waals surface area contributed by atoms with E-state index in [-0.39, 0.29) is 12.2 Å². The van der Waals surface area contributed by atoms with Crippen LogP contribution < -0.4 is 5.69 Å². The fraction of sp³-hybridized carbons (Fsp3) is 0.579. The van der Waals surface area contributed by atoms with Crippen LogP contribution in [0.4, 0.5) is 35.1 Å². The lowest BCUT2D eigenvalue weighted by atomic mass is 9.91. The minimum absolute atomic E-state index is 0.216. The van der Waals surface area contributed by atoms with Gasteiger partial charge in [0.25, 0.3) is 5.92 Å². The van der Waals surface area contributed by atoms with Crippen molar-refractivity contribution in [2.75, 3.05) is 13.1 Å². The Kier molecular flexibility index (Phi) is 6.13. The summed E-state index contributed by atoms with van der Waals surface area (Å²) in [6.45, 7) is -1.96. The third-order valence-electron chi connectivity index (χ3n) is 5.96. The van der Waals surface area contributed by atoms with Crippen molar-refractivity contribution in [1.29, 1.82) is 0 Å². The maximum Gasteiger partial charge on any atom is 0.417 e. The number of fused-ring (bicyclic) bond motifs is 1. The smallest absolute Gasteiger partial charge is 0.335 e. The standard InChI is InChI=1S/C19H16ClF8N5O2/c20-11-3-10(19(26,27)28)6-29-12(11)7-32-16(35)33-13(15(34)31-2-1-17(21,22)8-31)4-9(18(23,24)25)5-14(33)30-32/h3,6,9,13H,1-2,4-5,7-8H2/t9-,13-/m1/s1. The third kappa shape index (κ3) is 5.00. The van der Waals surface area contributed by atoms with Gasteiger partial charge in [-0.3, -0.25) is 14.3 Å². The van der Waals surface area contributed by atoms with E-state index in [1.807, 2.05) is 0 Å². The number of carbonyl (C=O) groups excluding carboxylic acids is 1. The molecule has 7 nitrogen and oxygen atoms in total. The second kappa shape index (κ2) is 8.45. The number of pyridine rings is 1. The van der Waals surface area contributed by atoms with Crippen LogP contribution >= 0.6 is 11.6 Å². The Morgan fingerprint density at radius 1 is 1.20 bits per heavy atom. The molecule has 0 aliphatic carbocycles. The molecule has 2 aliphatic rings. The van der Waals surface area contributed by atoms with Gasteiger partial charge in [-0.05, 0) is 12.5 Å². The topological polar surface area (TPSA) is 73.0 Å². The molecule has 1 amide bonds. The first-order chi connectivity index (χ1) is 16.1. The van der Waals surface area contributed by atoms with Crippen LogP contribution in [0, 0.1) is 5.92 Å². The quantitative estimate of drug-likeness (QED) is 0.564. The molecule has 2 atom stereocenters. The molecule has 0 spiro atoms. The zero-order chi connectivity index (χ0) is 25.9. The van der Waals surface area contributed by atoms with Crippen molar-refractivity contribution in [3.8, 4) is 0 Å². The average molecular weight is 534 g/mol. The van der Waals surface area contributed by atoms with Gasteiger partial charge in [0.05, 0.1) is 35.3 Å². The molecule has 1 saturated heterocycles. The summed E-state index contributed by atoms with van der Waals surface area (Å²) in [6, 6.07) is -1.15. The fourth-order valence-corrected chi connectivity index (χ4v) is 4.40. The number of alkyl halides is 8. The highest BCUT2D eigenvalue weighted by molar-refractivity contribution is 6.31. The van der Waals surface area contributed by atoms with Gasteiger partial charge in [-0.2, -0.15) is 31.4 Å². The summed E-state index contributed by atoms with van der Waals surface area (Å²) in [7, 11) is 0. The fourth-order valence-electron chi connectivity index (χ4n) is 4.17. The largest absolute Gasteiger partial charge is 0.417 e. The van der Waals surface area contributed by atoms with Crippen molar-refractivity contribution in [3.63, 3.8) is 0 Å². The second-order valence-electron chi connectivity index (χ2n) is 8.44. The number of carbonyl (C=O) groups is 1. The number of likely N-dealkylation sites (tertiary alicyclic amines) is 1. The highest BCUT2D eigenvalue weighted by Crippen LogP contribution is 2.40. The molecule has 0 bridgehead atoms. The van der Waals surface area contributed by atoms with Crippen LogP contribution in [-0.4, -0.2) is 55.3 Å².